The van der Waals surface area contributed by atoms with Gasteiger partial charge in [-0.3, -0.25) is 0 Å². The first-order valence-corrected chi connectivity index (χ1v) is 4.93. The molecule has 0 aliphatic rings. The molecule has 0 amide bonds. The van der Waals surface area contributed by atoms with Gasteiger partial charge >= 0.3 is 6.18 Å². The van der Waals surface area contributed by atoms with Crippen molar-refractivity contribution < 1.29 is 17.9 Å². The normalized spacial score (nSPS) is 10.8. The molecule has 1 aromatic rings. The Morgan fingerprint density at radius 1 is 1.29 bits per heavy atom. The average Bonchev–Trinajstić information content (AvgIpc) is 2.25. The van der Waals surface area contributed by atoms with E-state index in [4.69, 9.17) is 5.73 Å². The zero-order valence-corrected chi connectivity index (χ0v) is 9.05. The Labute approximate surface area is 97.6 Å². The summed E-state index contributed by atoms with van der Waals surface area (Å²) in [6.45, 7) is -1.09. The van der Waals surface area contributed by atoms with Crippen molar-refractivity contribution in [2.24, 2.45) is 5.73 Å². The third kappa shape index (κ3) is 5.95. The lowest BCUT2D eigenvalue weighted by Crippen LogP contribution is -2.16. The van der Waals surface area contributed by atoms with Crippen LogP contribution in [0.5, 0.6) is 0 Å². The van der Waals surface area contributed by atoms with E-state index < -0.39 is 12.8 Å². The monoisotopic (exact) mass is 243 g/mol. The number of nitrogens with two attached hydrogens (primary N) is 1. The molecule has 0 aliphatic carbocycles. The van der Waals surface area contributed by atoms with Crippen LogP contribution in [0.1, 0.15) is 11.1 Å². The molecule has 0 radical (unpaired) electrons. The number of halogens is 3. The maximum Gasteiger partial charge on any atom is 0.411 e. The van der Waals surface area contributed by atoms with Crippen molar-refractivity contribution in [1.29, 1.82) is 0 Å². The molecule has 0 unspecified atom stereocenters. The fourth-order valence-corrected chi connectivity index (χ4v) is 1.18. The van der Waals surface area contributed by atoms with E-state index in [-0.39, 0.29) is 13.2 Å². The molecule has 0 saturated carbocycles. The van der Waals surface area contributed by atoms with Crippen LogP contribution in [0.4, 0.5) is 13.2 Å². The van der Waals surface area contributed by atoms with Crippen LogP contribution < -0.4 is 5.73 Å². The first kappa shape index (κ1) is 13.6. The summed E-state index contributed by atoms with van der Waals surface area (Å²) in [4.78, 5) is 0. The van der Waals surface area contributed by atoms with Crippen molar-refractivity contribution in [1.82, 2.24) is 0 Å². The molecule has 0 spiro atoms. The molecule has 2 N–H and O–H groups in total. The number of hydrogen-bond donors (Lipinski definition) is 1. The minimum absolute atomic E-state index is 0.0857. The Bertz CT molecular complexity index is 418. The molecule has 17 heavy (non-hydrogen) atoms. The summed E-state index contributed by atoms with van der Waals surface area (Å²) in [6, 6.07) is 6.84. The summed E-state index contributed by atoms with van der Waals surface area (Å²) in [5.74, 6) is 5.47. The SMILES string of the molecule is NCC#Cc1cccc(COCC(F)(F)F)c1. The minimum atomic E-state index is -4.29. The Morgan fingerprint density at radius 3 is 2.71 bits per heavy atom. The van der Waals surface area contributed by atoms with Gasteiger partial charge in [-0.05, 0) is 17.7 Å². The maximum absolute atomic E-state index is 11.8. The van der Waals surface area contributed by atoms with E-state index in [1.54, 1.807) is 24.3 Å². The van der Waals surface area contributed by atoms with Gasteiger partial charge in [0.15, 0.2) is 0 Å². The molecule has 92 valence electrons. The number of alkyl halides is 3. The summed E-state index contributed by atoms with van der Waals surface area (Å²) in [5, 5.41) is 0. The molecule has 0 saturated heterocycles. The van der Waals surface area contributed by atoms with Gasteiger partial charge in [0.25, 0.3) is 0 Å². The Morgan fingerprint density at radius 2 is 2.06 bits per heavy atom. The van der Waals surface area contributed by atoms with Crippen LogP contribution in [-0.2, 0) is 11.3 Å². The van der Waals surface area contributed by atoms with Crippen molar-refractivity contribution in [2.75, 3.05) is 13.2 Å². The highest BCUT2D eigenvalue weighted by molar-refractivity contribution is 5.37. The van der Waals surface area contributed by atoms with E-state index in [0.29, 0.717) is 11.1 Å². The van der Waals surface area contributed by atoms with Gasteiger partial charge in [0.05, 0.1) is 13.2 Å². The van der Waals surface area contributed by atoms with E-state index >= 15 is 0 Å². The highest BCUT2D eigenvalue weighted by atomic mass is 19.4. The lowest BCUT2D eigenvalue weighted by atomic mass is 10.1. The van der Waals surface area contributed by atoms with E-state index in [9.17, 15) is 13.2 Å². The van der Waals surface area contributed by atoms with Crippen LogP contribution >= 0.6 is 0 Å². The van der Waals surface area contributed by atoms with Crippen molar-refractivity contribution in [3.63, 3.8) is 0 Å². The molecule has 0 bridgehead atoms. The minimum Gasteiger partial charge on any atom is -0.367 e. The predicted octanol–water partition coefficient (Wildman–Crippen LogP) is 2.08. The highest BCUT2D eigenvalue weighted by Crippen LogP contribution is 2.15. The molecule has 0 heterocycles. The fourth-order valence-electron chi connectivity index (χ4n) is 1.18. The van der Waals surface area contributed by atoms with Gasteiger partial charge in [0.1, 0.15) is 6.61 Å². The van der Waals surface area contributed by atoms with Gasteiger partial charge in [0.2, 0.25) is 0 Å². The molecule has 0 fully saturated rings. The molecule has 2 nitrogen and oxygen atoms in total. The molecule has 0 atom stereocenters. The summed E-state index contributed by atoms with van der Waals surface area (Å²) >= 11 is 0. The Balaban J connectivity index is 2.54. The van der Waals surface area contributed by atoms with Gasteiger partial charge in [-0.2, -0.15) is 13.2 Å². The number of hydrogen-bond acceptors (Lipinski definition) is 2. The second-order valence-electron chi connectivity index (χ2n) is 3.31. The topological polar surface area (TPSA) is 35.2 Å². The Kier molecular flexibility index (Phi) is 5.01. The van der Waals surface area contributed by atoms with Gasteiger partial charge in [0, 0.05) is 5.56 Å². The Hall–Kier alpha value is -1.51. The zero-order chi connectivity index (χ0) is 12.7. The number of rotatable bonds is 3. The largest absolute Gasteiger partial charge is 0.411 e. The summed E-state index contributed by atoms with van der Waals surface area (Å²) in [6.07, 6.45) is -4.29. The molecule has 0 aromatic heterocycles. The van der Waals surface area contributed by atoms with Crippen LogP contribution in [0.2, 0.25) is 0 Å². The van der Waals surface area contributed by atoms with E-state index in [1.165, 1.54) is 0 Å². The van der Waals surface area contributed by atoms with Crippen LogP contribution in [0.3, 0.4) is 0 Å². The van der Waals surface area contributed by atoms with E-state index in [2.05, 4.69) is 16.6 Å². The van der Waals surface area contributed by atoms with E-state index in [1.807, 2.05) is 0 Å². The van der Waals surface area contributed by atoms with Crippen LogP contribution in [-0.4, -0.2) is 19.3 Å². The summed E-state index contributed by atoms with van der Waals surface area (Å²) in [7, 11) is 0. The molecule has 1 rings (SSSR count). The van der Waals surface area contributed by atoms with Crippen LogP contribution in [0, 0.1) is 11.8 Å². The van der Waals surface area contributed by atoms with E-state index in [0.717, 1.165) is 0 Å². The predicted molar refractivity (Wildman–Crippen MR) is 58.1 cm³/mol. The molecular formula is C12H12F3NO. The van der Waals surface area contributed by atoms with Crippen LogP contribution in [0.25, 0.3) is 0 Å². The molecule has 1 aromatic carbocycles. The van der Waals surface area contributed by atoms with Crippen molar-refractivity contribution in [3.8, 4) is 11.8 Å². The summed E-state index contributed by atoms with van der Waals surface area (Å²) in [5.41, 5.74) is 6.58. The second-order valence-corrected chi connectivity index (χ2v) is 3.31. The quantitative estimate of drug-likeness (QED) is 0.825. The number of benzene rings is 1. The lowest BCUT2D eigenvalue weighted by Gasteiger charge is -2.07. The smallest absolute Gasteiger partial charge is 0.367 e. The second kappa shape index (κ2) is 6.28. The lowest BCUT2D eigenvalue weighted by molar-refractivity contribution is -0.176. The van der Waals surface area contributed by atoms with Gasteiger partial charge < -0.3 is 10.5 Å². The molecule has 5 heteroatoms. The van der Waals surface area contributed by atoms with Crippen LogP contribution in [0.15, 0.2) is 24.3 Å². The van der Waals surface area contributed by atoms with Crippen molar-refractivity contribution in [3.05, 3.63) is 35.4 Å². The first-order valence-electron chi connectivity index (χ1n) is 4.93. The van der Waals surface area contributed by atoms with Gasteiger partial charge in [-0.1, -0.05) is 24.0 Å². The summed E-state index contributed by atoms with van der Waals surface area (Å²) < 4.78 is 40.1. The third-order valence-electron chi connectivity index (χ3n) is 1.80. The standard InChI is InChI=1S/C12H12F3NO/c13-12(14,15)9-17-8-11-4-1-3-10(7-11)5-2-6-16/h1,3-4,7H,6,8-9,16H2. The van der Waals surface area contributed by atoms with Gasteiger partial charge in [-0.25, -0.2) is 0 Å². The highest BCUT2D eigenvalue weighted by Gasteiger charge is 2.27. The molecular weight excluding hydrogens is 231 g/mol. The first-order chi connectivity index (χ1) is 8.01. The molecule has 0 aliphatic heterocycles. The maximum atomic E-state index is 11.8. The van der Waals surface area contributed by atoms with Gasteiger partial charge in [-0.15, -0.1) is 0 Å². The average molecular weight is 243 g/mol. The third-order valence-corrected chi connectivity index (χ3v) is 1.80. The number of ether oxygens (including phenoxy) is 1. The van der Waals surface area contributed by atoms with Crippen molar-refractivity contribution in [2.45, 2.75) is 12.8 Å². The fraction of sp³-hybridized carbons (Fsp3) is 0.333. The zero-order valence-electron chi connectivity index (χ0n) is 9.05. The van der Waals surface area contributed by atoms with Crippen molar-refractivity contribution >= 4 is 0 Å².